The Morgan fingerprint density at radius 3 is 1.34 bits per heavy atom. The second-order valence-electron chi connectivity index (χ2n) is 13.7. The summed E-state index contributed by atoms with van der Waals surface area (Å²) in [5.74, 6) is -1.38. The van der Waals surface area contributed by atoms with E-state index in [0.717, 1.165) is 39.3 Å². The number of nitrogens with two attached hydrogens (primary N) is 1. The number of carbonyl (C=O) groups is 4. The third-order valence-corrected chi connectivity index (χ3v) is 10.1. The number of aromatic nitrogens is 2. The van der Waals surface area contributed by atoms with Crippen LogP contribution in [0.4, 0.5) is 29.7 Å². The molecule has 4 heterocycles. The number of amides is 4. The van der Waals surface area contributed by atoms with E-state index in [0.29, 0.717) is 60.1 Å². The van der Waals surface area contributed by atoms with Gasteiger partial charge in [0, 0.05) is 81.7 Å². The molecule has 2 saturated heterocycles. The highest BCUT2D eigenvalue weighted by molar-refractivity contribution is 5.97. The van der Waals surface area contributed by atoms with Crippen molar-refractivity contribution in [3.63, 3.8) is 0 Å². The van der Waals surface area contributed by atoms with Crippen LogP contribution < -0.4 is 15.5 Å². The summed E-state index contributed by atoms with van der Waals surface area (Å²) in [5, 5.41) is 0. The van der Waals surface area contributed by atoms with E-state index in [4.69, 9.17) is 5.73 Å². The van der Waals surface area contributed by atoms with E-state index in [-0.39, 0.29) is 49.1 Å². The minimum atomic E-state index is -0.468. The Bertz CT molecular complexity index is 1810. The number of benzene rings is 2. The molecule has 6 rings (SSSR count). The van der Waals surface area contributed by atoms with Crippen molar-refractivity contribution in [3.05, 3.63) is 119 Å². The number of halogens is 2. The number of nitrogens with zero attached hydrogens (tertiary/aromatic N) is 8. The third-order valence-electron chi connectivity index (χ3n) is 10.1. The molecule has 0 unspecified atom stereocenters. The lowest BCUT2D eigenvalue weighted by molar-refractivity contribution is 0.0600. The minimum absolute atomic E-state index is 0.0784. The highest BCUT2D eigenvalue weighted by Gasteiger charge is 2.28. The molecule has 0 radical (unpaired) electrons. The lowest BCUT2D eigenvalue weighted by Crippen LogP contribution is -2.52. The predicted octanol–water partition coefficient (Wildman–Crippen LogP) is 4.90. The van der Waals surface area contributed by atoms with Gasteiger partial charge in [0.05, 0.1) is 43.7 Å². The van der Waals surface area contributed by atoms with Crippen molar-refractivity contribution in [1.82, 2.24) is 29.6 Å². The number of hydrogen-bond donors (Lipinski definition) is 1. The van der Waals surface area contributed by atoms with Gasteiger partial charge in [-0.2, -0.15) is 0 Å². The number of rotatable bonds is 11. The average molecular weight is 800 g/mol. The summed E-state index contributed by atoms with van der Waals surface area (Å²) in [6.45, 7) is 12.3. The summed E-state index contributed by atoms with van der Waals surface area (Å²) < 4.78 is 31.5. The first-order valence-corrected chi connectivity index (χ1v) is 19.3. The molecule has 2 aromatic heterocycles. The van der Waals surface area contributed by atoms with Gasteiger partial charge < -0.3 is 30.1 Å². The number of methoxy groups -OCH3 is 1. The van der Waals surface area contributed by atoms with Gasteiger partial charge in [0.1, 0.15) is 11.6 Å². The standard InChI is InChI=1S/C21H26FN5O2.C21H25FN4O3/c1-2-25-9-11-26(12-10-25)21(29)27(19-7-4-17(22)5-8-19)15-18-6-3-16(14-24-18)20(28)13-23;1-3-24-10-12-25(13-11-24)21(28)26(19-8-5-17(22)6-9-19)15-18-7-4-16(14-23-18)20(27)29-2/h3-8,14H,2,9-13,15,23H2,1H3;4-9,14H,3,10-13,15H2,1-2H3. The first kappa shape index (κ1) is 43.3. The number of carbonyl (C=O) groups excluding carboxylic acids is 4. The maximum Gasteiger partial charge on any atom is 0.339 e. The van der Waals surface area contributed by atoms with Gasteiger partial charge in [-0.05, 0) is 85.9 Å². The van der Waals surface area contributed by atoms with Gasteiger partial charge in [0.25, 0.3) is 0 Å². The van der Waals surface area contributed by atoms with E-state index in [1.165, 1.54) is 43.8 Å². The number of anilines is 2. The van der Waals surface area contributed by atoms with Crippen LogP contribution in [0.5, 0.6) is 0 Å². The first-order valence-electron chi connectivity index (χ1n) is 19.3. The molecule has 4 amide bonds. The second kappa shape index (κ2) is 21.1. The molecule has 58 heavy (non-hydrogen) atoms. The molecule has 0 saturated carbocycles. The summed E-state index contributed by atoms with van der Waals surface area (Å²) in [7, 11) is 1.31. The van der Waals surface area contributed by atoms with Crippen molar-refractivity contribution >= 4 is 35.2 Å². The number of piperazine rings is 2. The molecule has 4 aromatic rings. The van der Waals surface area contributed by atoms with Gasteiger partial charge in [0.15, 0.2) is 5.78 Å². The zero-order valence-corrected chi connectivity index (χ0v) is 33.2. The van der Waals surface area contributed by atoms with Gasteiger partial charge >= 0.3 is 18.0 Å². The first-order chi connectivity index (χ1) is 28.0. The average Bonchev–Trinajstić information content (AvgIpc) is 3.27. The lowest BCUT2D eigenvalue weighted by Gasteiger charge is -2.37. The fourth-order valence-electron chi connectivity index (χ4n) is 6.51. The molecule has 0 atom stereocenters. The van der Waals surface area contributed by atoms with Crippen LogP contribution >= 0.6 is 0 Å². The van der Waals surface area contributed by atoms with E-state index in [1.54, 1.807) is 63.2 Å². The van der Waals surface area contributed by atoms with Gasteiger partial charge in [-0.15, -0.1) is 0 Å². The number of pyridine rings is 2. The van der Waals surface area contributed by atoms with Gasteiger partial charge in [-0.3, -0.25) is 24.6 Å². The Morgan fingerprint density at radius 1 is 0.621 bits per heavy atom. The molecule has 2 aliphatic heterocycles. The number of esters is 1. The van der Waals surface area contributed by atoms with E-state index in [9.17, 15) is 28.0 Å². The number of hydrogen-bond acceptors (Lipinski definition) is 10. The summed E-state index contributed by atoms with van der Waals surface area (Å²) in [4.78, 5) is 69.7. The molecule has 0 spiro atoms. The Hall–Kier alpha value is -5.84. The molecule has 2 aliphatic rings. The molecule has 308 valence electrons. The highest BCUT2D eigenvalue weighted by atomic mass is 19.1. The highest BCUT2D eigenvalue weighted by Crippen LogP contribution is 2.22. The largest absolute Gasteiger partial charge is 0.465 e. The Labute approximate surface area is 337 Å². The number of Topliss-reactive ketones (excluding diaryl/α,β-unsaturated/α-hetero) is 1. The van der Waals surface area contributed by atoms with Crippen LogP contribution in [0, 0.1) is 11.6 Å². The fourth-order valence-corrected chi connectivity index (χ4v) is 6.51. The van der Waals surface area contributed by atoms with Crippen molar-refractivity contribution in [1.29, 1.82) is 0 Å². The molecular formula is C42H51F2N9O5. The number of urea groups is 2. The number of ether oxygens (including phenoxy) is 1. The zero-order valence-electron chi connectivity index (χ0n) is 33.2. The Morgan fingerprint density at radius 2 is 1.02 bits per heavy atom. The number of likely N-dealkylation sites (N-methyl/N-ethyl adjacent to an activating group) is 2. The van der Waals surface area contributed by atoms with E-state index >= 15 is 0 Å². The molecule has 0 bridgehead atoms. The van der Waals surface area contributed by atoms with E-state index < -0.39 is 5.97 Å². The predicted molar refractivity (Wildman–Crippen MR) is 217 cm³/mol. The summed E-state index contributed by atoms with van der Waals surface area (Å²) in [5.41, 5.74) is 8.59. The fraction of sp³-hybridized carbons (Fsp3) is 0.381. The molecule has 16 heteroatoms. The van der Waals surface area contributed by atoms with Crippen LogP contribution in [0.25, 0.3) is 0 Å². The maximum atomic E-state index is 13.4. The lowest BCUT2D eigenvalue weighted by atomic mass is 10.1. The van der Waals surface area contributed by atoms with Crippen LogP contribution in [-0.2, 0) is 17.8 Å². The molecule has 2 N–H and O–H groups in total. The van der Waals surface area contributed by atoms with Crippen LogP contribution in [0.15, 0.2) is 85.2 Å². The van der Waals surface area contributed by atoms with Crippen LogP contribution in [0.1, 0.15) is 46.0 Å². The van der Waals surface area contributed by atoms with E-state index in [2.05, 4.69) is 38.4 Å². The van der Waals surface area contributed by atoms with Crippen molar-refractivity contribution in [3.8, 4) is 0 Å². The monoisotopic (exact) mass is 799 g/mol. The number of ketones is 1. The van der Waals surface area contributed by atoms with Crippen LogP contribution in [0.2, 0.25) is 0 Å². The summed E-state index contributed by atoms with van der Waals surface area (Å²) in [6, 6.07) is 18.0. The zero-order chi connectivity index (χ0) is 41.6. The second-order valence-corrected chi connectivity index (χ2v) is 13.7. The normalized spacial score (nSPS) is 14.6. The Balaban J connectivity index is 0.000000221. The topological polar surface area (TPSA) is 149 Å². The third kappa shape index (κ3) is 11.6. The maximum absolute atomic E-state index is 13.4. The molecule has 2 aromatic carbocycles. The summed E-state index contributed by atoms with van der Waals surface area (Å²) in [6.07, 6.45) is 2.90. The molecule has 2 fully saturated rings. The van der Waals surface area contributed by atoms with Crippen LogP contribution in [-0.4, -0.2) is 132 Å². The smallest absolute Gasteiger partial charge is 0.339 e. The van der Waals surface area contributed by atoms with Crippen molar-refractivity contribution in [2.75, 3.05) is 88.9 Å². The van der Waals surface area contributed by atoms with Gasteiger partial charge in [-0.1, -0.05) is 13.8 Å². The Kier molecular flexibility index (Phi) is 15.7. The SMILES string of the molecule is CCN1CCN(C(=O)N(Cc2ccc(C(=O)CN)cn2)c2ccc(F)cc2)CC1.CCN1CCN(C(=O)N(Cc2ccc(C(=O)OC)cn2)c2ccc(F)cc2)CC1. The van der Waals surface area contributed by atoms with Crippen molar-refractivity contribution in [2.24, 2.45) is 5.73 Å². The summed E-state index contributed by atoms with van der Waals surface area (Å²) >= 11 is 0. The molecule has 0 aliphatic carbocycles. The van der Waals surface area contributed by atoms with Gasteiger partial charge in [-0.25, -0.2) is 23.2 Å². The minimum Gasteiger partial charge on any atom is -0.465 e. The molecular weight excluding hydrogens is 749 g/mol. The quantitative estimate of drug-likeness (QED) is 0.164. The van der Waals surface area contributed by atoms with Crippen LogP contribution in [0.3, 0.4) is 0 Å². The van der Waals surface area contributed by atoms with Gasteiger partial charge in [0.2, 0.25) is 0 Å². The van der Waals surface area contributed by atoms with Crippen molar-refractivity contribution in [2.45, 2.75) is 26.9 Å². The van der Waals surface area contributed by atoms with E-state index in [1.807, 2.05) is 4.90 Å². The van der Waals surface area contributed by atoms with Crippen molar-refractivity contribution < 1.29 is 32.7 Å². The molecule has 14 nitrogen and oxygen atoms in total.